The van der Waals surface area contributed by atoms with Crippen molar-refractivity contribution in [2.24, 2.45) is 0 Å². The summed E-state index contributed by atoms with van der Waals surface area (Å²) in [5, 5.41) is 14.1. The van der Waals surface area contributed by atoms with E-state index in [1.807, 2.05) is 13.0 Å². The molecule has 3 aromatic rings. The van der Waals surface area contributed by atoms with Gasteiger partial charge < -0.3 is 14.8 Å². The molecule has 0 bridgehead atoms. The van der Waals surface area contributed by atoms with Crippen LogP contribution >= 0.6 is 0 Å². The lowest BCUT2D eigenvalue weighted by Crippen LogP contribution is -2.26. The molecule has 29 heavy (non-hydrogen) atoms. The van der Waals surface area contributed by atoms with Gasteiger partial charge in [-0.05, 0) is 25.1 Å². The largest absolute Gasteiger partial charge is 0.492 e. The Labute approximate surface area is 168 Å². The molecule has 7 heteroatoms. The number of nitrogens with one attached hydrogen (secondary N) is 1. The van der Waals surface area contributed by atoms with Crippen LogP contribution in [0.5, 0.6) is 11.5 Å². The summed E-state index contributed by atoms with van der Waals surface area (Å²) in [5.74, 6) is 0.0713. The number of para-hydroxylation sites is 4. The average Bonchev–Trinajstić information content (AvgIpc) is 2.74. The second kappa shape index (κ2) is 9.36. The SMILES string of the molecule is CCOc1ccccc1NC(=O)C(Oc1ccccc1[N+](=O)[O-])c1ccccc1. The molecular formula is C22H20N2O5. The van der Waals surface area contributed by atoms with Crippen molar-refractivity contribution in [3.63, 3.8) is 0 Å². The van der Waals surface area contributed by atoms with Gasteiger partial charge in [-0.15, -0.1) is 0 Å². The Morgan fingerprint density at radius 1 is 0.966 bits per heavy atom. The molecule has 1 amide bonds. The standard InChI is InChI=1S/C22H20N2O5/c1-2-28-19-14-8-6-12-17(19)23-22(25)21(16-10-4-3-5-11-16)29-20-15-9-7-13-18(20)24(26)27/h3-15,21H,2H2,1H3,(H,23,25). The monoisotopic (exact) mass is 392 g/mol. The van der Waals surface area contributed by atoms with Crippen LogP contribution in [0.4, 0.5) is 11.4 Å². The van der Waals surface area contributed by atoms with Crippen molar-refractivity contribution < 1.29 is 19.2 Å². The van der Waals surface area contributed by atoms with E-state index in [4.69, 9.17) is 9.47 Å². The lowest BCUT2D eigenvalue weighted by molar-refractivity contribution is -0.386. The number of nitrogens with zero attached hydrogens (tertiary/aromatic N) is 1. The van der Waals surface area contributed by atoms with Crippen LogP contribution < -0.4 is 14.8 Å². The fourth-order valence-corrected chi connectivity index (χ4v) is 2.78. The summed E-state index contributed by atoms with van der Waals surface area (Å²) >= 11 is 0. The van der Waals surface area contributed by atoms with E-state index in [1.54, 1.807) is 60.7 Å². The Hall–Kier alpha value is -3.87. The number of rotatable bonds is 8. The minimum absolute atomic E-state index is 0.0135. The highest BCUT2D eigenvalue weighted by Crippen LogP contribution is 2.32. The first kappa shape index (κ1) is 19.9. The van der Waals surface area contributed by atoms with Crippen LogP contribution in [0.2, 0.25) is 0 Å². The van der Waals surface area contributed by atoms with E-state index >= 15 is 0 Å². The van der Waals surface area contributed by atoms with E-state index in [0.29, 0.717) is 23.6 Å². The maximum Gasteiger partial charge on any atom is 0.310 e. The van der Waals surface area contributed by atoms with E-state index in [1.165, 1.54) is 12.1 Å². The zero-order valence-corrected chi connectivity index (χ0v) is 15.8. The normalized spacial score (nSPS) is 11.3. The number of ether oxygens (including phenoxy) is 2. The molecule has 0 saturated carbocycles. The molecule has 1 N–H and O–H groups in total. The Balaban J connectivity index is 1.93. The number of carbonyl (C=O) groups excluding carboxylic acids is 1. The van der Waals surface area contributed by atoms with Gasteiger partial charge in [0, 0.05) is 11.6 Å². The molecule has 7 nitrogen and oxygen atoms in total. The van der Waals surface area contributed by atoms with Gasteiger partial charge in [-0.3, -0.25) is 14.9 Å². The molecule has 0 fully saturated rings. The molecule has 0 aromatic heterocycles. The van der Waals surface area contributed by atoms with Crippen molar-refractivity contribution >= 4 is 17.3 Å². The van der Waals surface area contributed by atoms with Crippen molar-refractivity contribution in [2.45, 2.75) is 13.0 Å². The van der Waals surface area contributed by atoms with Gasteiger partial charge >= 0.3 is 5.69 Å². The molecule has 0 saturated heterocycles. The van der Waals surface area contributed by atoms with Crippen LogP contribution in [0.25, 0.3) is 0 Å². The first-order chi connectivity index (χ1) is 14.1. The fraction of sp³-hybridized carbons (Fsp3) is 0.136. The fourth-order valence-electron chi connectivity index (χ4n) is 2.78. The minimum atomic E-state index is -1.09. The third-order valence-electron chi connectivity index (χ3n) is 4.09. The maximum absolute atomic E-state index is 13.1. The molecule has 1 atom stereocenters. The van der Waals surface area contributed by atoms with Gasteiger partial charge in [-0.25, -0.2) is 0 Å². The molecule has 0 radical (unpaired) electrons. The molecule has 0 heterocycles. The van der Waals surface area contributed by atoms with E-state index in [-0.39, 0.29) is 11.4 Å². The summed E-state index contributed by atoms with van der Waals surface area (Å²) in [7, 11) is 0. The Bertz CT molecular complexity index is 991. The number of hydrogen-bond acceptors (Lipinski definition) is 5. The zero-order valence-electron chi connectivity index (χ0n) is 15.8. The smallest absolute Gasteiger partial charge is 0.310 e. The molecule has 0 aliphatic heterocycles. The lowest BCUT2D eigenvalue weighted by atomic mass is 10.1. The minimum Gasteiger partial charge on any atom is -0.492 e. The van der Waals surface area contributed by atoms with Crippen molar-refractivity contribution in [1.29, 1.82) is 0 Å². The van der Waals surface area contributed by atoms with Gasteiger partial charge in [0.05, 0.1) is 17.2 Å². The Kier molecular flexibility index (Phi) is 6.42. The first-order valence-electron chi connectivity index (χ1n) is 9.08. The first-order valence-corrected chi connectivity index (χ1v) is 9.08. The van der Waals surface area contributed by atoms with Crippen molar-refractivity contribution in [1.82, 2.24) is 0 Å². The van der Waals surface area contributed by atoms with Gasteiger partial charge in [-0.2, -0.15) is 0 Å². The van der Waals surface area contributed by atoms with E-state index in [2.05, 4.69) is 5.32 Å². The summed E-state index contributed by atoms with van der Waals surface area (Å²) in [5.41, 5.74) is 0.847. The second-order valence-corrected chi connectivity index (χ2v) is 6.05. The lowest BCUT2D eigenvalue weighted by Gasteiger charge is -2.20. The summed E-state index contributed by atoms with van der Waals surface area (Å²) in [6.07, 6.45) is -1.09. The highest BCUT2D eigenvalue weighted by Gasteiger charge is 2.27. The van der Waals surface area contributed by atoms with Crippen LogP contribution in [-0.4, -0.2) is 17.4 Å². The molecule has 3 rings (SSSR count). The van der Waals surface area contributed by atoms with Crippen molar-refractivity contribution in [3.8, 4) is 11.5 Å². The molecular weight excluding hydrogens is 372 g/mol. The number of nitro benzene ring substituents is 1. The molecule has 0 aliphatic rings. The third-order valence-corrected chi connectivity index (χ3v) is 4.09. The van der Waals surface area contributed by atoms with Gasteiger partial charge in [0.25, 0.3) is 5.91 Å². The molecule has 148 valence electrons. The third kappa shape index (κ3) is 4.90. The molecule has 3 aromatic carbocycles. The van der Waals surface area contributed by atoms with Crippen LogP contribution in [0.3, 0.4) is 0 Å². The average molecular weight is 392 g/mol. The predicted molar refractivity (Wildman–Crippen MR) is 109 cm³/mol. The molecule has 0 aliphatic carbocycles. The van der Waals surface area contributed by atoms with Gasteiger partial charge in [0.1, 0.15) is 5.75 Å². The second-order valence-electron chi connectivity index (χ2n) is 6.05. The number of hydrogen-bond donors (Lipinski definition) is 1. The number of carbonyl (C=O) groups is 1. The van der Waals surface area contributed by atoms with Gasteiger partial charge in [-0.1, -0.05) is 54.6 Å². The van der Waals surface area contributed by atoms with Crippen molar-refractivity contribution in [3.05, 3.63) is 94.5 Å². The van der Waals surface area contributed by atoms with E-state index in [9.17, 15) is 14.9 Å². The number of anilines is 1. The highest BCUT2D eigenvalue weighted by atomic mass is 16.6. The van der Waals surface area contributed by atoms with E-state index < -0.39 is 16.9 Å². The summed E-state index contributed by atoms with van der Waals surface area (Å²) in [6, 6.07) is 21.8. The molecule has 1 unspecified atom stereocenters. The van der Waals surface area contributed by atoms with Gasteiger partial charge in [0.15, 0.2) is 5.75 Å². The van der Waals surface area contributed by atoms with Gasteiger partial charge in [0.2, 0.25) is 6.10 Å². The quantitative estimate of drug-likeness (QED) is 0.441. The number of nitro groups is 1. The van der Waals surface area contributed by atoms with Crippen LogP contribution in [0.15, 0.2) is 78.9 Å². The van der Waals surface area contributed by atoms with Crippen molar-refractivity contribution in [2.75, 3.05) is 11.9 Å². The zero-order chi connectivity index (χ0) is 20.6. The topological polar surface area (TPSA) is 90.7 Å². The Morgan fingerprint density at radius 2 is 1.59 bits per heavy atom. The predicted octanol–water partition coefficient (Wildman–Crippen LogP) is 4.75. The summed E-state index contributed by atoms with van der Waals surface area (Å²) < 4.78 is 11.4. The molecule has 0 spiro atoms. The number of amides is 1. The summed E-state index contributed by atoms with van der Waals surface area (Å²) in [6.45, 7) is 2.30. The van der Waals surface area contributed by atoms with E-state index in [0.717, 1.165) is 0 Å². The van der Waals surface area contributed by atoms with Crippen LogP contribution in [0, 0.1) is 10.1 Å². The highest BCUT2D eigenvalue weighted by molar-refractivity contribution is 5.96. The number of benzene rings is 3. The van der Waals surface area contributed by atoms with Crippen LogP contribution in [0.1, 0.15) is 18.6 Å². The summed E-state index contributed by atoms with van der Waals surface area (Å²) in [4.78, 5) is 23.9. The van der Waals surface area contributed by atoms with Crippen LogP contribution in [-0.2, 0) is 4.79 Å². The maximum atomic E-state index is 13.1. The Morgan fingerprint density at radius 3 is 2.28 bits per heavy atom.